The van der Waals surface area contributed by atoms with E-state index in [-0.39, 0.29) is 11.9 Å². The average molecular weight is 211 g/mol. The summed E-state index contributed by atoms with van der Waals surface area (Å²) in [7, 11) is 0. The molecule has 1 aromatic carbocycles. The van der Waals surface area contributed by atoms with Gasteiger partial charge < -0.3 is 5.11 Å². The van der Waals surface area contributed by atoms with Crippen molar-refractivity contribution in [3.05, 3.63) is 35.6 Å². The number of aliphatic hydroxyl groups is 1. The maximum absolute atomic E-state index is 13.5. The number of rotatable bonds is 4. The van der Waals surface area contributed by atoms with Gasteiger partial charge in [-0.2, -0.15) is 0 Å². The van der Waals surface area contributed by atoms with Crippen molar-refractivity contribution >= 4 is 0 Å². The third-order valence-electron chi connectivity index (χ3n) is 2.36. The van der Waals surface area contributed by atoms with Gasteiger partial charge in [0.1, 0.15) is 11.5 Å². The molecule has 0 saturated heterocycles. The summed E-state index contributed by atoms with van der Waals surface area (Å²) in [6.07, 6.45) is 0.423. The van der Waals surface area contributed by atoms with Gasteiger partial charge in [-0.05, 0) is 26.3 Å². The van der Waals surface area contributed by atoms with Gasteiger partial charge in [-0.1, -0.05) is 25.1 Å². The molecule has 15 heavy (non-hydrogen) atoms. The fourth-order valence-electron chi connectivity index (χ4n) is 1.64. The minimum Gasteiger partial charge on any atom is -0.371 e. The van der Waals surface area contributed by atoms with Crippen LogP contribution in [0.4, 0.5) is 4.39 Å². The molecular weight excluding hydrogens is 193 g/mol. The summed E-state index contributed by atoms with van der Waals surface area (Å²) in [5, 5.41) is 13.3. The second-order valence-corrected chi connectivity index (χ2v) is 3.99. The predicted octanol–water partition coefficient (Wildman–Crippen LogP) is 2.38. The van der Waals surface area contributed by atoms with Gasteiger partial charge in [-0.15, -0.1) is 0 Å². The highest BCUT2D eigenvalue weighted by Crippen LogP contribution is 2.24. The summed E-state index contributed by atoms with van der Waals surface area (Å²) < 4.78 is 13.5. The zero-order chi connectivity index (χ0) is 11.5. The maximum Gasteiger partial charge on any atom is 0.144 e. The summed E-state index contributed by atoms with van der Waals surface area (Å²) in [5.41, 5.74) is -0.972. The van der Waals surface area contributed by atoms with E-state index < -0.39 is 5.72 Å². The molecule has 0 aromatic heterocycles. The smallest absolute Gasteiger partial charge is 0.144 e. The van der Waals surface area contributed by atoms with Gasteiger partial charge >= 0.3 is 0 Å². The van der Waals surface area contributed by atoms with Crippen molar-refractivity contribution < 1.29 is 9.50 Å². The first-order valence-electron chi connectivity index (χ1n) is 5.24. The van der Waals surface area contributed by atoms with Crippen LogP contribution in [0.3, 0.4) is 0 Å². The van der Waals surface area contributed by atoms with Crippen LogP contribution in [0.5, 0.6) is 0 Å². The van der Waals surface area contributed by atoms with Gasteiger partial charge in [-0.3, -0.25) is 5.32 Å². The number of hydrogen-bond acceptors (Lipinski definition) is 2. The molecule has 0 aliphatic carbocycles. The molecule has 0 spiro atoms. The lowest BCUT2D eigenvalue weighted by Crippen LogP contribution is -2.46. The number of nitrogens with one attached hydrogen (secondary N) is 1. The van der Waals surface area contributed by atoms with Crippen LogP contribution in [0.2, 0.25) is 0 Å². The van der Waals surface area contributed by atoms with Gasteiger partial charge in [0, 0.05) is 11.6 Å². The minimum atomic E-state index is -1.28. The summed E-state index contributed by atoms with van der Waals surface area (Å²) in [4.78, 5) is 0. The minimum absolute atomic E-state index is 0.0922. The molecule has 0 saturated carbocycles. The van der Waals surface area contributed by atoms with Crippen LogP contribution in [0.25, 0.3) is 0 Å². The molecule has 1 rings (SSSR count). The lowest BCUT2D eigenvalue weighted by atomic mass is 9.98. The van der Waals surface area contributed by atoms with Crippen LogP contribution in [-0.2, 0) is 5.72 Å². The van der Waals surface area contributed by atoms with E-state index in [2.05, 4.69) is 5.32 Å². The van der Waals surface area contributed by atoms with Crippen molar-refractivity contribution in [1.82, 2.24) is 5.32 Å². The van der Waals surface area contributed by atoms with Crippen LogP contribution in [0, 0.1) is 5.82 Å². The Morgan fingerprint density at radius 2 is 2.00 bits per heavy atom. The lowest BCUT2D eigenvalue weighted by molar-refractivity contribution is -0.0144. The number of hydrogen-bond donors (Lipinski definition) is 2. The molecule has 2 N–H and O–H groups in total. The van der Waals surface area contributed by atoms with E-state index in [1.54, 1.807) is 18.2 Å². The van der Waals surface area contributed by atoms with Crippen molar-refractivity contribution in [2.45, 2.75) is 39.0 Å². The first kappa shape index (κ1) is 12.1. The molecule has 0 heterocycles. The molecule has 1 aromatic rings. The molecule has 0 aliphatic heterocycles. The molecule has 0 fully saturated rings. The normalized spacial score (nSPS) is 15.3. The van der Waals surface area contributed by atoms with E-state index in [1.165, 1.54) is 6.07 Å². The Hall–Kier alpha value is -0.930. The molecule has 0 unspecified atom stereocenters. The van der Waals surface area contributed by atoms with Gasteiger partial charge in [0.15, 0.2) is 0 Å². The third kappa shape index (κ3) is 2.76. The zero-order valence-electron chi connectivity index (χ0n) is 9.42. The number of halogens is 1. The average Bonchev–Trinajstić information content (AvgIpc) is 2.17. The first-order chi connectivity index (χ1) is 6.99. The molecule has 3 heteroatoms. The molecule has 84 valence electrons. The van der Waals surface area contributed by atoms with E-state index in [4.69, 9.17) is 0 Å². The SMILES string of the molecule is CC[C@@](O)(NC(C)C)c1ccccc1F. The van der Waals surface area contributed by atoms with E-state index >= 15 is 0 Å². The highest BCUT2D eigenvalue weighted by Gasteiger charge is 2.29. The standard InChI is InChI=1S/C12H18FNO/c1-4-12(15,14-9(2)3)10-7-5-6-8-11(10)13/h5-9,14-15H,4H2,1-3H3/t12-/m0/s1. The van der Waals surface area contributed by atoms with E-state index in [9.17, 15) is 9.50 Å². The van der Waals surface area contributed by atoms with Crippen molar-refractivity contribution in [3.8, 4) is 0 Å². The van der Waals surface area contributed by atoms with Crippen LogP contribution in [-0.4, -0.2) is 11.1 Å². The Morgan fingerprint density at radius 1 is 1.40 bits per heavy atom. The fourth-order valence-corrected chi connectivity index (χ4v) is 1.64. The highest BCUT2D eigenvalue weighted by molar-refractivity contribution is 5.23. The summed E-state index contributed by atoms with van der Waals surface area (Å²) in [6, 6.07) is 6.40. The zero-order valence-corrected chi connectivity index (χ0v) is 9.42. The van der Waals surface area contributed by atoms with Crippen LogP contribution in [0.15, 0.2) is 24.3 Å². The van der Waals surface area contributed by atoms with E-state index in [0.717, 1.165) is 0 Å². The van der Waals surface area contributed by atoms with Crippen LogP contribution in [0.1, 0.15) is 32.8 Å². The van der Waals surface area contributed by atoms with Crippen molar-refractivity contribution in [2.75, 3.05) is 0 Å². The molecule has 0 aliphatic rings. The molecule has 0 radical (unpaired) electrons. The molecule has 0 bridgehead atoms. The quantitative estimate of drug-likeness (QED) is 0.749. The number of benzene rings is 1. The van der Waals surface area contributed by atoms with Gasteiger partial charge in [0.25, 0.3) is 0 Å². The summed E-state index contributed by atoms with van der Waals surface area (Å²) in [6.45, 7) is 5.66. The van der Waals surface area contributed by atoms with E-state index in [0.29, 0.717) is 12.0 Å². The van der Waals surface area contributed by atoms with Crippen LogP contribution < -0.4 is 5.32 Å². The van der Waals surface area contributed by atoms with E-state index in [1.807, 2.05) is 20.8 Å². The lowest BCUT2D eigenvalue weighted by Gasteiger charge is -2.31. The topological polar surface area (TPSA) is 32.3 Å². The molecule has 2 nitrogen and oxygen atoms in total. The Kier molecular flexibility index (Phi) is 3.83. The molecule has 1 atom stereocenters. The maximum atomic E-state index is 13.5. The largest absolute Gasteiger partial charge is 0.371 e. The Balaban J connectivity index is 3.05. The molecular formula is C12H18FNO. The monoisotopic (exact) mass is 211 g/mol. The summed E-state index contributed by atoms with van der Waals surface area (Å²) in [5.74, 6) is -0.380. The Bertz CT molecular complexity index is 327. The second-order valence-electron chi connectivity index (χ2n) is 3.99. The summed E-state index contributed by atoms with van der Waals surface area (Å²) >= 11 is 0. The van der Waals surface area contributed by atoms with Crippen molar-refractivity contribution in [1.29, 1.82) is 0 Å². The Labute approximate surface area is 90.1 Å². The molecule has 0 amide bonds. The van der Waals surface area contributed by atoms with Gasteiger partial charge in [0.05, 0.1) is 0 Å². The fraction of sp³-hybridized carbons (Fsp3) is 0.500. The van der Waals surface area contributed by atoms with Crippen LogP contribution >= 0.6 is 0 Å². The highest BCUT2D eigenvalue weighted by atomic mass is 19.1. The van der Waals surface area contributed by atoms with Gasteiger partial charge in [-0.25, -0.2) is 4.39 Å². The predicted molar refractivity (Wildman–Crippen MR) is 58.9 cm³/mol. The third-order valence-corrected chi connectivity index (χ3v) is 2.36. The van der Waals surface area contributed by atoms with Gasteiger partial charge in [0.2, 0.25) is 0 Å². The Morgan fingerprint density at radius 3 is 2.47 bits per heavy atom. The first-order valence-corrected chi connectivity index (χ1v) is 5.24. The second kappa shape index (κ2) is 4.73. The van der Waals surface area contributed by atoms with Crippen molar-refractivity contribution in [3.63, 3.8) is 0 Å². The van der Waals surface area contributed by atoms with Crippen molar-refractivity contribution in [2.24, 2.45) is 0 Å².